The van der Waals surface area contributed by atoms with E-state index in [2.05, 4.69) is 0 Å². The Kier molecular flexibility index (Phi) is 1.93. The standard InChI is InChI=1S/C7H11NO2/c1-7(4-10-5-7)6(9)2-3-8/h6,9H,2,4-5H2,1H3. The smallest absolute Gasteiger partial charge is 0.0767 e. The van der Waals surface area contributed by atoms with Crippen LogP contribution < -0.4 is 0 Å². The molecule has 1 atom stereocenters. The van der Waals surface area contributed by atoms with Gasteiger partial charge in [0.05, 0.1) is 31.8 Å². The number of nitriles is 1. The maximum Gasteiger partial charge on any atom is 0.0767 e. The van der Waals surface area contributed by atoms with Crippen molar-refractivity contribution in [1.82, 2.24) is 0 Å². The number of nitrogens with zero attached hydrogens (tertiary/aromatic N) is 1. The summed E-state index contributed by atoms with van der Waals surface area (Å²) in [5.41, 5.74) is -0.157. The fourth-order valence-electron chi connectivity index (χ4n) is 0.949. The molecule has 1 heterocycles. The van der Waals surface area contributed by atoms with Gasteiger partial charge in [0.25, 0.3) is 0 Å². The minimum Gasteiger partial charge on any atom is -0.391 e. The zero-order valence-electron chi connectivity index (χ0n) is 6.00. The second-order valence-corrected chi connectivity index (χ2v) is 3.02. The predicted molar refractivity (Wildman–Crippen MR) is 35.2 cm³/mol. The zero-order chi connectivity index (χ0) is 7.61. The fraction of sp³-hybridized carbons (Fsp3) is 0.857. The van der Waals surface area contributed by atoms with E-state index in [9.17, 15) is 5.11 Å². The highest BCUT2D eigenvalue weighted by Gasteiger charge is 2.40. The van der Waals surface area contributed by atoms with E-state index in [0.29, 0.717) is 13.2 Å². The van der Waals surface area contributed by atoms with Gasteiger partial charge in [-0.2, -0.15) is 5.26 Å². The van der Waals surface area contributed by atoms with Crippen molar-refractivity contribution >= 4 is 0 Å². The third-order valence-corrected chi connectivity index (χ3v) is 1.95. The molecule has 1 rings (SSSR count). The number of hydrogen-bond acceptors (Lipinski definition) is 3. The van der Waals surface area contributed by atoms with Gasteiger partial charge < -0.3 is 9.84 Å². The molecular weight excluding hydrogens is 130 g/mol. The van der Waals surface area contributed by atoms with Gasteiger partial charge in [-0.1, -0.05) is 6.92 Å². The summed E-state index contributed by atoms with van der Waals surface area (Å²) in [6, 6.07) is 1.94. The van der Waals surface area contributed by atoms with Crippen LogP contribution in [0.5, 0.6) is 0 Å². The summed E-state index contributed by atoms with van der Waals surface area (Å²) in [5.74, 6) is 0. The van der Waals surface area contributed by atoms with E-state index in [0.717, 1.165) is 0 Å². The molecule has 1 aliphatic heterocycles. The van der Waals surface area contributed by atoms with Gasteiger partial charge >= 0.3 is 0 Å². The Labute approximate surface area is 60.2 Å². The van der Waals surface area contributed by atoms with Crippen molar-refractivity contribution < 1.29 is 9.84 Å². The lowest BCUT2D eigenvalue weighted by Gasteiger charge is -2.41. The molecule has 0 aromatic heterocycles. The molecule has 0 aromatic rings. The first-order chi connectivity index (χ1) is 4.69. The highest BCUT2D eigenvalue weighted by Crippen LogP contribution is 2.31. The van der Waals surface area contributed by atoms with E-state index in [1.807, 2.05) is 13.0 Å². The van der Waals surface area contributed by atoms with E-state index in [1.54, 1.807) is 0 Å². The average Bonchev–Trinajstić information content (AvgIpc) is 1.83. The summed E-state index contributed by atoms with van der Waals surface area (Å²) in [7, 11) is 0. The molecule has 56 valence electrons. The zero-order valence-corrected chi connectivity index (χ0v) is 6.00. The van der Waals surface area contributed by atoms with Crippen LogP contribution in [0.15, 0.2) is 0 Å². The molecule has 1 aliphatic rings. The average molecular weight is 141 g/mol. The Morgan fingerprint density at radius 2 is 2.40 bits per heavy atom. The number of aliphatic hydroxyl groups excluding tert-OH is 1. The van der Waals surface area contributed by atoms with E-state index in [4.69, 9.17) is 10.00 Å². The molecule has 0 aliphatic carbocycles. The Bertz CT molecular complexity index is 157. The molecule has 3 heteroatoms. The first-order valence-corrected chi connectivity index (χ1v) is 3.32. The minimum absolute atomic E-state index is 0.157. The van der Waals surface area contributed by atoms with E-state index in [-0.39, 0.29) is 11.8 Å². The lowest BCUT2D eigenvalue weighted by atomic mass is 9.81. The molecule has 1 unspecified atom stereocenters. The Morgan fingerprint density at radius 3 is 2.70 bits per heavy atom. The molecule has 0 saturated carbocycles. The Hall–Kier alpha value is -0.590. The van der Waals surface area contributed by atoms with Crippen LogP contribution in [0.1, 0.15) is 13.3 Å². The summed E-state index contributed by atoms with van der Waals surface area (Å²) in [5, 5.41) is 17.6. The van der Waals surface area contributed by atoms with Gasteiger partial charge in [-0.25, -0.2) is 0 Å². The van der Waals surface area contributed by atoms with Crippen LogP contribution in [0.2, 0.25) is 0 Å². The first kappa shape index (κ1) is 7.52. The topological polar surface area (TPSA) is 53.2 Å². The second kappa shape index (κ2) is 2.57. The lowest BCUT2D eigenvalue weighted by Crippen LogP contribution is -2.48. The maximum absolute atomic E-state index is 9.33. The van der Waals surface area contributed by atoms with Crippen LogP contribution in [0.3, 0.4) is 0 Å². The normalized spacial score (nSPS) is 24.5. The van der Waals surface area contributed by atoms with E-state index in [1.165, 1.54) is 0 Å². The molecule has 0 bridgehead atoms. The van der Waals surface area contributed by atoms with Gasteiger partial charge in [-0.15, -0.1) is 0 Å². The van der Waals surface area contributed by atoms with Gasteiger partial charge in [0.2, 0.25) is 0 Å². The molecule has 1 N–H and O–H groups in total. The molecule has 0 aromatic carbocycles. The number of hydrogen-bond donors (Lipinski definition) is 1. The monoisotopic (exact) mass is 141 g/mol. The van der Waals surface area contributed by atoms with Gasteiger partial charge in [0.15, 0.2) is 0 Å². The molecule has 10 heavy (non-hydrogen) atoms. The third-order valence-electron chi connectivity index (χ3n) is 1.95. The second-order valence-electron chi connectivity index (χ2n) is 3.02. The van der Waals surface area contributed by atoms with Crippen LogP contribution in [0.4, 0.5) is 0 Å². The largest absolute Gasteiger partial charge is 0.391 e. The number of rotatable bonds is 2. The van der Waals surface area contributed by atoms with Crippen molar-refractivity contribution in [3.63, 3.8) is 0 Å². The van der Waals surface area contributed by atoms with Crippen molar-refractivity contribution in [3.8, 4) is 6.07 Å². The molecule has 0 radical (unpaired) electrons. The van der Waals surface area contributed by atoms with Gasteiger partial charge in [-0.05, 0) is 0 Å². The predicted octanol–water partition coefficient (Wildman–Crippen LogP) is 0.297. The SMILES string of the molecule is CC1(C(O)CC#N)COC1. The molecule has 1 saturated heterocycles. The van der Waals surface area contributed by atoms with Crippen LogP contribution >= 0.6 is 0 Å². The van der Waals surface area contributed by atoms with Crippen LogP contribution in [-0.2, 0) is 4.74 Å². The van der Waals surface area contributed by atoms with Crippen molar-refractivity contribution in [2.75, 3.05) is 13.2 Å². The third kappa shape index (κ3) is 1.13. The van der Waals surface area contributed by atoms with Crippen molar-refractivity contribution in [3.05, 3.63) is 0 Å². The molecule has 0 spiro atoms. The highest BCUT2D eigenvalue weighted by atomic mass is 16.5. The summed E-state index contributed by atoms with van der Waals surface area (Å²) < 4.78 is 4.94. The Balaban J connectivity index is 2.40. The minimum atomic E-state index is -0.522. The molecular formula is C7H11NO2. The lowest BCUT2D eigenvalue weighted by molar-refractivity contribution is -0.159. The van der Waals surface area contributed by atoms with E-state index >= 15 is 0 Å². The van der Waals surface area contributed by atoms with E-state index < -0.39 is 6.10 Å². The molecule has 0 amide bonds. The summed E-state index contributed by atoms with van der Waals surface area (Å²) in [6.45, 7) is 3.09. The van der Waals surface area contributed by atoms with Gasteiger partial charge in [0.1, 0.15) is 0 Å². The van der Waals surface area contributed by atoms with Crippen LogP contribution in [0.25, 0.3) is 0 Å². The summed E-state index contributed by atoms with van der Waals surface area (Å²) in [6.07, 6.45) is -0.314. The van der Waals surface area contributed by atoms with Gasteiger partial charge in [-0.3, -0.25) is 0 Å². The van der Waals surface area contributed by atoms with Crippen LogP contribution in [0, 0.1) is 16.7 Å². The molecule has 1 fully saturated rings. The molecule has 3 nitrogen and oxygen atoms in total. The van der Waals surface area contributed by atoms with Crippen molar-refractivity contribution in [1.29, 1.82) is 5.26 Å². The first-order valence-electron chi connectivity index (χ1n) is 3.32. The maximum atomic E-state index is 9.33. The van der Waals surface area contributed by atoms with Gasteiger partial charge in [0, 0.05) is 5.41 Å². The summed E-state index contributed by atoms with van der Waals surface area (Å²) >= 11 is 0. The van der Waals surface area contributed by atoms with Crippen molar-refractivity contribution in [2.45, 2.75) is 19.4 Å². The number of ether oxygens (including phenoxy) is 1. The fourth-order valence-corrected chi connectivity index (χ4v) is 0.949. The quantitative estimate of drug-likeness (QED) is 0.601. The highest BCUT2D eigenvalue weighted by molar-refractivity contribution is 4.92. The number of aliphatic hydroxyl groups is 1. The summed E-state index contributed by atoms with van der Waals surface area (Å²) in [4.78, 5) is 0. The Morgan fingerprint density at radius 1 is 1.80 bits per heavy atom. The van der Waals surface area contributed by atoms with Crippen LogP contribution in [-0.4, -0.2) is 24.4 Å². The van der Waals surface area contributed by atoms with Crippen molar-refractivity contribution in [2.24, 2.45) is 5.41 Å².